The molecule has 1 fully saturated rings. The Morgan fingerprint density at radius 3 is 2.00 bits per heavy atom. The first-order valence-electron chi connectivity index (χ1n) is 12.0. The first-order chi connectivity index (χ1) is 17.1. The van der Waals surface area contributed by atoms with Crippen LogP contribution in [-0.4, -0.2) is 56.1 Å². The molecule has 0 saturated carbocycles. The third-order valence-electron chi connectivity index (χ3n) is 5.84. The number of hydrogen-bond acceptors (Lipinski definition) is 5. The lowest BCUT2D eigenvalue weighted by Crippen LogP contribution is -2.49. The summed E-state index contributed by atoms with van der Waals surface area (Å²) in [6, 6.07) is 22.3. The molecule has 0 radical (unpaired) electrons. The molecule has 1 aliphatic heterocycles. The summed E-state index contributed by atoms with van der Waals surface area (Å²) < 4.78 is 11.2. The number of nitrogens with one attached hydrogen (secondary N) is 1. The highest BCUT2D eigenvalue weighted by Crippen LogP contribution is 2.29. The van der Waals surface area contributed by atoms with Gasteiger partial charge in [0, 0.05) is 43.4 Å². The normalized spacial score (nSPS) is 13.3. The highest BCUT2D eigenvalue weighted by molar-refractivity contribution is 6.06. The number of nitrogens with zero attached hydrogens (tertiary/aromatic N) is 2. The van der Waals surface area contributed by atoms with Crippen LogP contribution in [0.5, 0.6) is 11.5 Å². The largest absolute Gasteiger partial charge is 0.494 e. The van der Waals surface area contributed by atoms with Gasteiger partial charge in [-0.05, 0) is 50.2 Å². The van der Waals surface area contributed by atoms with Gasteiger partial charge in [0.25, 0.3) is 11.8 Å². The molecule has 2 amide bonds. The molecule has 0 spiro atoms. The lowest BCUT2D eigenvalue weighted by molar-refractivity contribution is 0.0746. The van der Waals surface area contributed by atoms with Gasteiger partial charge in [0.1, 0.15) is 11.5 Å². The zero-order chi connectivity index (χ0) is 24.6. The molecule has 1 aliphatic rings. The molecule has 1 heterocycles. The highest BCUT2D eigenvalue weighted by Gasteiger charge is 2.24. The summed E-state index contributed by atoms with van der Waals surface area (Å²) in [7, 11) is 0. The smallest absolute Gasteiger partial charge is 0.255 e. The van der Waals surface area contributed by atoms with Crippen LogP contribution in [0.1, 0.15) is 34.6 Å². The van der Waals surface area contributed by atoms with Crippen LogP contribution in [0.3, 0.4) is 0 Å². The molecule has 0 unspecified atom stereocenters. The van der Waals surface area contributed by atoms with Gasteiger partial charge in [0.15, 0.2) is 0 Å². The van der Waals surface area contributed by atoms with Crippen molar-refractivity contribution in [3.63, 3.8) is 0 Å². The van der Waals surface area contributed by atoms with E-state index in [0.717, 1.165) is 11.4 Å². The Balaban J connectivity index is 1.46. The van der Waals surface area contributed by atoms with Gasteiger partial charge in [0.2, 0.25) is 0 Å². The Kier molecular flexibility index (Phi) is 7.88. The lowest BCUT2D eigenvalue weighted by atomic mass is 10.1. The van der Waals surface area contributed by atoms with Crippen LogP contribution in [0.15, 0.2) is 72.8 Å². The summed E-state index contributed by atoms with van der Waals surface area (Å²) in [5.74, 6) is 0.996. The first kappa shape index (κ1) is 24.1. The van der Waals surface area contributed by atoms with Crippen molar-refractivity contribution < 1.29 is 19.1 Å². The van der Waals surface area contributed by atoms with Crippen molar-refractivity contribution in [2.24, 2.45) is 0 Å². The van der Waals surface area contributed by atoms with E-state index in [-0.39, 0.29) is 11.8 Å². The van der Waals surface area contributed by atoms with Crippen LogP contribution in [0.2, 0.25) is 0 Å². The van der Waals surface area contributed by atoms with Gasteiger partial charge < -0.3 is 24.6 Å². The predicted molar refractivity (Wildman–Crippen MR) is 138 cm³/mol. The monoisotopic (exact) mass is 473 g/mol. The maximum atomic E-state index is 13.2. The quantitative estimate of drug-likeness (QED) is 0.514. The SMILES string of the molecule is CCOc1cc(OCC)cc(C(=O)Nc2ccccc2N2CCN(C(=O)c3ccccc3)CC2)c1. The summed E-state index contributed by atoms with van der Waals surface area (Å²) in [6.45, 7) is 7.39. The molecule has 3 aromatic carbocycles. The minimum Gasteiger partial charge on any atom is -0.494 e. The molecule has 3 aromatic rings. The number of ether oxygens (including phenoxy) is 2. The van der Waals surface area contributed by atoms with Crippen LogP contribution in [-0.2, 0) is 0 Å². The van der Waals surface area contributed by atoms with Crippen LogP contribution in [0.4, 0.5) is 11.4 Å². The number of amides is 2. The molecule has 0 bridgehead atoms. The third-order valence-corrected chi connectivity index (χ3v) is 5.84. The molecule has 1 saturated heterocycles. The number of anilines is 2. The van der Waals surface area contributed by atoms with Crippen LogP contribution in [0, 0.1) is 0 Å². The number of para-hydroxylation sites is 2. The fourth-order valence-corrected chi connectivity index (χ4v) is 4.17. The van der Waals surface area contributed by atoms with E-state index in [0.29, 0.717) is 62.0 Å². The molecule has 0 aliphatic carbocycles. The maximum Gasteiger partial charge on any atom is 0.255 e. The summed E-state index contributed by atoms with van der Waals surface area (Å²) in [5, 5.41) is 3.05. The van der Waals surface area contributed by atoms with E-state index in [1.807, 2.05) is 73.3 Å². The molecule has 0 aromatic heterocycles. The van der Waals surface area contributed by atoms with Gasteiger partial charge in [-0.25, -0.2) is 0 Å². The topological polar surface area (TPSA) is 71.1 Å². The maximum absolute atomic E-state index is 13.2. The Morgan fingerprint density at radius 2 is 1.37 bits per heavy atom. The number of carbonyl (C=O) groups is 2. The number of rotatable bonds is 8. The molecule has 4 rings (SSSR count). The molecule has 7 heteroatoms. The van der Waals surface area contributed by atoms with Gasteiger partial charge in [-0.15, -0.1) is 0 Å². The molecule has 182 valence electrons. The summed E-state index contributed by atoms with van der Waals surface area (Å²) in [6.07, 6.45) is 0. The second kappa shape index (κ2) is 11.4. The van der Waals surface area contributed by atoms with Crippen molar-refractivity contribution >= 4 is 23.2 Å². The fourth-order valence-electron chi connectivity index (χ4n) is 4.17. The van der Waals surface area contributed by atoms with Crippen LogP contribution in [0.25, 0.3) is 0 Å². The van der Waals surface area contributed by atoms with E-state index in [9.17, 15) is 9.59 Å². The van der Waals surface area contributed by atoms with E-state index < -0.39 is 0 Å². The van der Waals surface area contributed by atoms with Gasteiger partial charge in [-0.3, -0.25) is 9.59 Å². The van der Waals surface area contributed by atoms with Crippen LogP contribution >= 0.6 is 0 Å². The Bertz CT molecular complexity index is 1130. The van der Waals surface area contributed by atoms with E-state index >= 15 is 0 Å². The lowest BCUT2D eigenvalue weighted by Gasteiger charge is -2.37. The second-order valence-corrected chi connectivity index (χ2v) is 8.18. The standard InChI is InChI=1S/C28H31N3O4/c1-3-34-23-18-22(19-24(20-23)35-4-2)27(32)29-25-12-8-9-13-26(25)30-14-16-31(17-15-30)28(33)21-10-6-5-7-11-21/h5-13,18-20H,3-4,14-17H2,1-2H3,(H,29,32). The van der Waals surface area contributed by atoms with Gasteiger partial charge >= 0.3 is 0 Å². The third kappa shape index (κ3) is 5.93. The van der Waals surface area contributed by atoms with Crippen LogP contribution < -0.4 is 19.7 Å². The fraction of sp³-hybridized carbons (Fsp3) is 0.286. The Hall–Kier alpha value is -4.00. The molecular weight excluding hydrogens is 442 g/mol. The minimum atomic E-state index is -0.238. The minimum absolute atomic E-state index is 0.0473. The van der Waals surface area contributed by atoms with Gasteiger partial charge in [0.05, 0.1) is 24.6 Å². The molecular formula is C28H31N3O4. The van der Waals surface area contributed by atoms with Crippen molar-refractivity contribution in [1.82, 2.24) is 4.90 Å². The average Bonchev–Trinajstić information content (AvgIpc) is 2.89. The van der Waals surface area contributed by atoms with Crippen molar-refractivity contribution in [3.8, 4) is 11.5 Å². The summed E-state index contributed by atoms with van der Waals surface area (Å²) in [5.41, 5.74) is 2.82. The van der Waals surface area contributed by atoms with Crippen molar-refractivity contribution in [1.29, 1.82) is 0 Å². The van der Waals surface area contributed by atoms with Gasteiger partial charge in [-0.2, -0.15) is 0 Å². The van der Waals surface area contributed by atoms with E-state index in [1.165, 1.54) is 0 Å². The zero-order valence-electron chi connectivity index (χ0n) is 20.2. The number of benzene rings is 3. The van der Waals surface area contributed by atoms with E-state index in [2.05, 4.69) is 10.2 Å². The Labute approximate surface area is 206 Å². The molecule has 1 N–H and O–H groups in total. The molecule has 0 atom stereocenters. The van der Waals surface area contributed by atoms with E-state index in [1.54, 1.807) is 18.2 Å². The molecule has 7 nitrogen and oxygen atoms in total. The number of hydrogen-bond donors (Lipinski definition) is 1. The first-order valence-corrected chi connectivity index (χ1v) is 12.0. The van der Waals surface area contributed by atoms with Crippen molar-refractivity contribution in [2.75, 3.05) is 49.6 Å². The number of carbonyl (C=O) groups excluding carboxylic acids is 2. The summed E-state index contributed by atoms with van der Waals surface area (Å²) in [4.78, 5) is 30.0. The van der Waals surface area contributed by atoms with Gasteiger partial charge in [-0.1, -0.05) is 30.3 Å². The predicted octanol–water partition coefficient (Wildman–Crippen LogP) is 4.70. The zero-order valence-corrected chi connectivity index (χ0v) is 20.2. The van der Waals surface area contributed by atoms with Crippen molar-refractivity contribution in [2.45, 2.75) is 13.8 Å². The average molecular weight is 474 g/mol. The Morgan fingerprint density at radius 1 is 0.771 bits per heavy atom. The van der Waals surface area contributed by atoms with Crippen molar-refractivity contribution in [3.05, 3.63) is 83.9 Å². The summed E-state index contributed by atoms with van der Waals surface area (Å²) >= 11 is 0. The second-order valence-electron chi connectivity index (χ2n) is 8.18. The highest BCUT2D eigenvalue weighted by atomic mass is 16.5. The molecule has 35 heavy (non-hydrogen) atoms. The van der Waals surface area contributed by atoms with E-state index in [4.69, 9.17) is 9.47 Å². The number of piperazine rings is 1.